The molecule has 0 saturated carbocycles. The largest absolute Gasteiger partial charge is 0.504 e. The summed E-state index contributed by atoms with van der Waals surface area (Å²) >= 11 is 0. The molecule has 10 nitrogen and oxygen atoms in total. The van der Waals surface area contributed by atoms with Crippen molar-refractivity contribution in [3.8, 4) is 56.8 Å². The zero-order valence-electron chi connectivity index (χ0n) is 26.3. The monoisotopic (exact) mass is 663 g/mol. The van der Waals surface area contributed by atoms with Crippen LogP contribution in [0.15, 0.2) is 135 Å². The fraction of sp³-hybridized carbons (Fsp3) is 0.0250. The first-order valence-corrected chi connectivity index (χ1v) is 15.4. The van der Waals surface area contributed by atoms with Crippen LogP contribution in [0.2, 0.25) is 0 Å². The zero-order valence-corrected chi connectivity index (χ0v) is 26.3. The van der Waals surface area contributed by atoms with E-state index in [9.17, 15) is 30.6 Å². The molecule has 246 valence electrons. The van der Waals surface area contributed by atoms with Crippen molar-refractivity contribution in [2.24, 2.45) is 15.0 Å². The van der Waals surface area contributed by atoms with E-state index in [1.54, 1.807) is 54.6 Å². The van der Waals surface area contributed by atoms with Crippen molar-refractivity contribution in [2.45, 2.75) is 6.54 Å². The second-order valence-corrected chi connectivity index (χ2v) is 11.4. The summed E-state index contributed by atoms with van der Waals surface area (Å²) in [6.07, 6.45) is 0. The number of fused-ring (bicyclic) bond motifs is 3. The Kier molecular flexibility index (Phi) is 8.10. The van der Waals surface area contributed by atoms with Crippen LogP contribution in [-0.2, 0) is 6.54 Å². The van der Waals surface area contributed by atoms with Crippen molar-refractivity contribution in [1.29, 1.82) is 0 Å². The molecule has 1 heterocycles. The van der Waals surface area contributed by atoms with E-state index < -0.39 is 40.1 Å². The Morgan fingerprint density at radius 1 is 0.520 bits per heavy atom. The Labute approximate surface area is 285 Å². The van der Waals surface area contributed by atoms with Gasteiger partial charge in [0.25, 0.3) is 0 Å². The summed E-state index contributed by atoms with van der Waals surface area (Å²) in [6.45, 7) is 3.82. The molecule has 6 aromatic carbocycles. The fourth-order valence-corrected chi connectivity index (χ4v) is 5.88. The van der Waals surface area contributed by atoms with Gasteiger partial charge >= 0.3 is 0 Å². The maximum absolute atomic E-state index is 11.6. The van der Waals surface area contributed by atoms with Crippen LogP contribution in [0.3, 0.4) is 0 Å². The van der Waals surface area contributed by atoms with Crippen molar-refractivity contribution in [3.05, 3.63) is 132 Å². The van der Waals surface area contributed by atoms with Crippen LogP contribution >= 0.6 is 0 Å². The molecule has 0 amide bonds. The lowest BCUT2D eigenvalue weighted by Crippen LogP contribution is -2.06. The number of benzene rings is 6. The van der Waals surface area contributed by atoms with Gasteiger partial charge in [0.05, 0.1) is 22.9 Å². The number of rotatable bonds is 6. The van der Waals surface area contributed by atoms with Crippen molar-refractivity contribution >= 4 is 40.3 Å². The van der Waals surface area contributed by atoms with Gasteiger partial charge in [-0.25, -0.2) is 9.98 Å². The molecule has 0 aliphatic carbocycles. The third-order valence-corrected chi connectivity index (χ3v) is 8.36. The number of phenols is 6. The molecule has 0 radical (unpaired) electrons. The van der Waals surface area contributed by atoms with E-state index in [1.807, 2.05) is 60.7 Å². The molecule has 0 unspecified atom stereocenters. The molecular weight excluding hydrogens is 634 g/mol. The predicted molar refractivity (Wildman–Crippen MR) is 194 cm³/mol. The molecule has 0 saturated heterocycles. The van der Waals surface area contributed by atoms with Gasteiger partial charge in [0.2, 0.25) is 5.75 Å². The quantitative estimate of drug-likeness (QED) is 0.0450. The van der Waals surface area contributed by atoms with Crippen LogP contribution in [0.25, 0.3) is 44.2 Å². The van der Waals surface area contributed by atoms with Crippen molar-refractivity contribution in [2.75, 3.05) is 0 Å². The number of phenolic OH excluding ortho intramolecular Hbond substituents is 6. The lowest BCUT2D eigenvalue weighted by Gasteiger charge is -2.11. The standard InChI is InChI=1S/C40H29N3O7/c1-41-40(43-39(26-15-9-4-10-16-26)42-21-22-17-19-24(20-18-22)23-11-5-2-6-12-23)30-34(47)32(45)29-28-33(46)36(49)31(44)27(25-13-7-3-8-14-25)37(28)50-38(29)35(30)48/h2-20,44-49H,1,21H2/b42-39-,43-40-. The molecule has 7 rings (SSSR count). The Morgan fingerprint density at radius 3 is 1.68 bits per heavy atom. The van der Waals surface area contributed by atoms with Crippen LogP contribution in [0.4, 0.5) is 0 Å². The Morgan fingerprint density at radius 2 is 1.06 bits per heavy atom. The van der Waals surface area contributed by atoms with Crippen molar-refractivity contribution in [1.82, 2.24) is 0 Å². The van der Waals surface area contributed by atoms with E-state index in [1.165, 1.54) is 0 Å². The van der Waals surface area contributed by atoms with Gasteiger partial charge in [-0.05, 0) is 29.0 Å². The first-order valence-electron chi connectivity index (χ1n) is 15.4. The normalized spacial score (nSPS) is 12.1. The summed E-state index contributed by atoms with van der Waals surface area (Å²) in [4.78, 5) is 13.3. The number of amidine groups is 2. The Balaban J connectivity index is 1.37. The number of aromatic hydroxyl groups is 6. The number of aliphatic imine (C=N–C) groups is 3. The fourth-order valence-electron chi connectivity index (χ4n) is 5.88. The molecule has 0 aliphatic heterocycles. The van der Waals surface area contributed by atoms with E-state index in [4.69, 9.17) is 9.41 Å². The number of hydrogen-bond acceptors (Lipinski definition) is 8. The number of hydrogen-bond donors (Lipinski definition) is 6. The Hall–Kier alpha value is -7.07. The number of nitrogens with zero attached hydrogens (tertiary/aromatic N) is 3. The van der Waals surface area contributed by atoms with Crippen LogP contribution in [-0.4, -0.2) is 49.0 Å². The predicted octanol–water partition coefficient (Wildman–Crippen LogP) is 8.25. The average molecular weight is 664 g/mol. The molecule has 6 N–H and O–H groups in total. The maximum Gasteiger partial charge on any atom is 0.201 e. The van der Waals surface area contributed by atoms with Gasteiger partial charge in [0, 0.05) is 5.56 Å². The third-order valence-electron chi connectivity index (χ3n) is 8.36. The second kappa shape index (κ2) is 12.9. The third kappa shape index (κ3) is 5.40. The highest BCUT2D eigenvalue weighted by molar-refractivity contribution is 6.23. The van der Waals surface area contributed by atoms with Crippen LogP contribution < -0.4 is 0 Å². The van der Waals surface area contributed by atoms with E-state index in [0.717, 1.165) is 16.7 Å². The maximum atomic E-state index is 11.6. The second-order valence-electron chi connectivity index (χ2n) is 11.4. The molecule has 0 fully saturated rings. The summed E-state index contributed by atoms with van der Waals surface area (Å²) in [6, 6.07) is 35.3. The lowest BCUT2D eigenvalue weighted by molar-refractivity contribution is 0.371. The highest BCUT2D eigenvalue weighted by atomic mass is 16.4. The highest BCUT2D eigenvalue weighted by Crippen LogP contribution is 2.57. The molecule has 0 aliphatic rings. The average Bonchev–Trinajstić information content (AvgIpc) is 3.56. The SMILES string of the molecule is C=N/C(=N\C(=N/Cc1ccc(-c2ccccc2)cc1)c1ccccc1)c1c(O)c(O)c2c(oc3c(-c4ccccc4)c(O)c(O)c(O)c32)c1O. The molecule has 0 spiro atoms. The summed E-state index contributed by atoms with van der Waals surface area (Å²) in [5.74, 6) is -4.84. The minimum Gasteiger partial charge on any atom is -0.504 e. The Bertz CT molecular complexity index is 2460. The van der Waals surface area contributed by atoms with Gasteiger partial charge in [0.1, 0.15) is 5.56 Å². The topological polar surface area (TPSA) is 172 Å². The molecule has 0 bridgehead atoms. The van der Waals surface area contributed by atoms with Gasteiger partial charge in [-0.1, -0.05) is 115 Å². The molecule has 1 aromatic heterocycles. The van der Waals surface area contributed by atoms with Gasteiger partial charge in [-0.3, -0.25) is 4.99 Å². The van der Waals surface area contributed by atoms with E-state index in [-0.39, 0.29) is 45.7 Å². The number of furan rings is 1. The minimum absolute atomic E-state index is 0.0158. The van der Waals surface area contributed by atoms with E-state index >= 15 is 0 Å². The zero-order chi connectivity index (χ0) is 34.9. The van der Waals surface area contributed by atoms with Crippen molar-refractivity contribution in [3.63, 3.8) is 0 Å². The van der Waals surface area contributed by atoms with Gasteiger partial charge < -0.3 is 35.1 Å². The van der Waals surface area contributed by atoms with E-state index in [0.29, 0.717) is 11.1 Å². The minimum atomic E-state index is -0.880. The van der Waals surface area contributed by atoms with Gasteiger partial charge in [-0.2, -0.15) is 0 Å². The summed E-state index contributed by atoms with van der Waals surface area (Å²) in [5, 5.41) is 66.0. The van der Waals surface area contributed by atoms with Crippen molar-refractivity contribution < 1.29 is 35.1 Å². The molecular formula is C40H29N3O7. The van der Waals surface area contributed by atoms with Crippen LogP contribution in [0.1, 0.15) is 16.7 Å². The van der Waals surface area contributed by atoms with Gasteiger partial charge in [-0.15, -0.1) is 0 Å². The smallest absolute Gasteiger partial charge is 0.201 e. The summed E-state index contributed by atoms with van der Waals surface area (Å²) in [5.41, 5.74) is 3.06. The molecule has 0 atom stereocenters. The van der Waals surface area contributed by atoms with Gasteiger partial charge in [0.15, 0.2) is 51.6 Å². The molecule has 10 heteroatoms. The summed E-state index contributed by atoms with van der Waals surface area (Å²) < 4.78 is 5.99. The summed E-state index contributed by atoms with van der Waals surface area (Å²) in [7, 11) is 0. The first-order chi connectivity index (χ1) is 24.3. The highest BCUT2D eigenvalue weighted by Gasteiger charge is 2.32. The molecule has 7 aromatic rings. The van der Waals surface area contributed by atoms with Crippen LogP contribution in [0.5, 0.6) is 34.5 Å². The van der Waals surface area contributed by atoms with Crippen LogP contribution in [0, 0.1) is 0 Å². The molecule has 50 heavy (non-hydrogen) atoms. The van der Waals surface area contributed by atoms with E-state index in [2.05, 4.69) is 16.7 Å². The lowest BCUT2D eigenvalue weighted by atomic mass is 9.98. The first kappa shape index (κ1) is 31.5.